The van der Waals surface area contributed by atoms with Crippen molar-refractivity contribution < 1.29 is 22.3 Å². The van der Waals surface area contributed by atoms with Gasteiger partial charge in [0, 0.05) is 12.4 Å². The molecule has 5 nitrogen and oxygen atoms in total. The van der Waals surface area contributed by atoms with E-state index in [-0.39, 0.29) is 22.0 Å². The largest absolute Gasteiger partial charge is 0.462 e. The molecule has 2 aromatic heterocycles. The Morgan fingerprint density at radius 3 is 2.71 bits per heavy atom. The van der Waals surface area contributed by atoms with Gasteiger partial charge in [-0.2, -0.15) is 0 Å². The monoisotopic (exact) mass is 347 g/mol. The number of benzene rings is 1. The number of pyridine rings is 1. The Bertz CT molecular complexity index is 1020. The highest BCUT2D eigenvalue weighted by molar-refractivity contribution is 7.91. The summed E-state index contributed by atoms with van der Waals surface area (Å²) in [5.74, 6) is -1.41. The summed E-state index contributed by atoms with van der Waals surface area (Å²) in [6, 6.07) is 9.63. The van der Waals surface area contributed by atoms with Crippen molar-refractivity contribution in [2.24, 2.45) is 0 Å². The molecule has 124 valence electrons. The summed E-state index contributed by atoms with van der Waals surface area (Å²) < 4.78 is 46.0. The molecule has 1 aromatic carbocycles. The van der Waals surface area contributed by atoms with Gasteiger partial charge in [0.1, 0.15) is 10.7 Å². The molecule has 0 aliphatic carbocycles. The zero-order valence-corrected chi connectivity index (χ0v) is 13.6. The molecule has 0 bridgehead atoms. The molecule has 0 aliphatic heterocycles. The highest BCUT2D eigenvalue weighted by Crippen LogP contribution is 2.30. The molecule has 0 unspecified atom stereocenters. The second kappa shape index (κ2) is 6.09. The van der Waals surface area contributed by atoms with E-state index in [0.29, 0.717) is 5.52 Å². The normalized spacial score (nSPS) is 11.6. The zero-order chi connectivity index (χ0) is 17.3. The Morgan fingerprint density at radius 2 is 2.00 bits per heavy atom. The van der Waals surface area contributed by atoms with Gasteiger partial charge in [0.25, 0.3) is 0 Å². The third-order valence-electron chi connectivity index (χ3n) is 3.51. The lowest BCUT2D eigenvalue weighted by Crippen LogP contribution is -2.10. The summed E-state index contributed by atoms with van der Waals surface area (Å²) in [5, 5.41) is 0. The van der Waals surface area contributed by atoms with Crippen molar-refractivity contribution in [3.05, 3.63) is 66.2 Å². The van der Waals surface area contributed by atoms with E-state index in [1.165, 1.54) is 22.7 Å². The Balaban J connectivity index is 2.31. The number of hydrogen-bond donors (Lipinski definition) is 0. The molecular weight excluding hydrogens is 333 g/mol. The third-order valence-corrected chi connectivity index (χ3v) is 5.35. The maximum atomic E-state index is 13.5. The number of halogens is 1. The van der Waals surface area contributed by atoms with E-state index in [1.807, 2.05) is 0 Å². The molecule has 0 aliphatic rings. The van der Waals surface area contributed by atoms with Gasteiger partial charge in [-0.25, -0.2) is 17.6 Å². The van der Waals surface area contributed by atoms with Crippen LogP contribution in [0.15, 0.2) is 64.6 Å². The first-order valence-electron chi connectivity index (χ1n) is 7.22. The average molecular weight is 347 g/mol. The summed E-state index contributed by atoms with van der Waals surface area (Å²) in [7, 11) is -4.10. The second-order valence-corrected chi connectivity index (χ2v) is 6.93. The number of ether oxygens (including phenoxy) is 1. The van der Waals surface area contributed by atoms with Gasteiger partial charge in [-0.1, -0.05) is 12.1 Å². The van der Waals surface area contributed by atoms with Gasteiger partial charge in [-0.05, 0) is 37.3 Å². The number of rotatable bonds is 4. The first kappa shape index (κ1) is 16.2. The van der Waals surface area contributed by atoms with Gasteiger partial charge in [0.2, 0.25) is 9.84 Å². The van der Waals surface area contributed by atoms with Crippen molar-refractivity contribution in [2.45, 2.75) is 16.7 Å². The average Bonchev–Trinajstić information content (AvgIpc) is 2.95. The Hall–Kier alpha value is -2.67. The maximum absolute atomic E-state index is 13.5. The standard InChI is InChI=1S/C17H14FNO4S/c1-2-23-17(20)14-11-19-9-4-3-8-15(19)16(14)24(21,22)13-7-5-6-12(18)10-13/h3-11H,2H2,1H3. The van der Waals surface area contributed by atoms with E-state index in [0.717, 1.165) is 12.1 Å². The van der Waals surface area contributed by atoms with Crippen molar-refractivity contribution in [2.75, 3.05) is 6.61 Å². The molecule has 24 heavy (non-hydrogen) atoms. The lowest BCUT2D eigenvalue weighted by Gasteiger charge is -2.07. The molecule has 0 saturated carbocycles. The van der Waals surface area contributed by atoms with Crippen LogP contribution in [0, 0.1) is 5.82 Å². The molecule has 0 saturated heterocycles. The van der Waals surface area contributed by atoms with Gasteiger partial charge in [0.05, 0.1) is 22.6 Å². The zero-order valence-electron chi connectivity index (χ0n) is 12.8. The number of nitrogens with zero attached hydrogens (tertiary/aromatic N) is 1. The van der Waals surface area contributed by atoms with Crippen LogP contribution < -0.4 is 0 Å². The van der Waals surface area contributed by atoms with E-state index in [9.17, 15) is 17.6 Å². The number of carbonyl (C=O) groups is 1. The van der Waals surface area contributed by atoms with Crippen LogP contribution in [0.1, 0.15) is 17.3 Å². The van der Waals surface area contributed by atoms with Gasteiger partial charge in [0.15, 0.2) is 0 Å². The number of hydrogen-bond acceptors (Lipinski definition) is 4. The fraction of sp³-hybridized carbons (Fsp3) is 0.118. The first-order chi connectivity index (χ1) is 11.4. The van der Waals surface area contributed by atoms with Gasteiger partial charge in [-0.15, -0.1) is 0 Å². The number of carbonyl (C=O) groups excluding carboxylic acids is 1. The molecule has 7 heteroatoms. The minimum Gasteiger partial charge on any atom is -0.462 e. The predicted molar refractivity (Wildman–Crippen MR) is 85.2 cm³/mol. The minimum atomic E-state index is -4.10. The van der Waals surface area contributed by atoms with E-state index in [4.69, 9.17) is 4.74 Å². The number of esters is 1. The number of sulfone groups is 1. The van der Waals surface area contributed by atoms with Crippen molar-refractivity contribution in [1.82, 2.24) is 4.40 Å². The van der Waals surface area contributed by atoms with Gasteiger partial charge in [-0.3, -0.25) is 0 Å². The van der Waals surface area contributed by atoms with E-state index in [2.05, 4.69) is 0 Å². The van der Waals surface area contributed by atoms with Crippen molar-refractivity contribution in [3.63, 3.8) is 0 Å². The quantitative estimate of drug-likeness (QED) is 0.680. The summed E-state index contributed by atoms with van der Waals surface area (Å²) in [4.78, 5) is 11.8. The van der Waals surface area contributed by atoms with Crippen LogP contribution >= 0.6 is 0 Å². The van der Waals surface area contributed by atoms with Crippen LogP contribution in [0.4, 0.5) is 4.39 Å². The number of aromatic nitrogens is 1. The molecule has 0 radical (unpaired) electrons. The SMILES string of the molecule is CCOC(=O)c1cn2ccccc2c1S(=O)(=O)c1cccc(F)c1. The van der Waals surface area contributed by atoms with E-state index >= 15 is 0 Å². The van der Waals surface area contributed by atoms with Gasteiger partial charge < -0.3 is 9.14 Å². The molecule has 2 heterocycles. The van der Waals surface area contributed by atoms with Crippen LogP contribution in [0.5, 0.6) is 0 Å². The smallest absolute Gasteiger partial charge is 0.341 e. The summed E-state index contributed by atoms with van der Waals surface area (Å²) in [5.41, 5.74) is 0.247. The Labute approximate surface area is 138 Å². The number of fused-ring (bicyclic) bond motifs is 1. The van der Waals surface area contributed by atoms with Crippen LogP contribution in [-0.4, -0.2) is 25.4 Å². The van der Waals surface area contributed by atoms with E-state index < -0.39 is 21.6 Å². The van der Waals surface area contributed by atoms with Crippen molar-refractivity contribution in [1.29, 1.82) is 0 Å². The lowest BCUT2D eigenvalue weighted by atomic mass is 10.3. The molecule has 0 spiro atoms. The van der Waals surface area contributed by atoms with Crippen LogP contribution in [0.25, 0.3) is 5.52 Å². The van der Waals surface area contributed by atoms with Crippen LogP contribution in [-0.2, 0) is 14.6 Å². The molecular formula is C17H14FNO4S. The fourth-order valence-electron chi connectivity index (χ4n) is 2.49. The Morgan fingerprint density at radius 1 is 1.21 bits per heavy atom. The summed E-state index contributed by atoms with van der Waals surface area (Å²) in [6.45, 7) is 1.75. The molecule has 3 aromatic rings. The Kier molecular flexibility index (Phi) is 4.11. The minimum absolute atomic E-state index is 0.0766. The molecule has 0 amide bonds. The molecule has 0 fully saturated rings. The molecule has 0 atom stereocenters. The maximum Gasteiger partial charge on any atom is 0.341 e. The van der Waals surface area contributed by atoms with Crippen molar-refractivity contribution in [3.8, 4) is 0 Å². The van der Waals surface area contributed by atoms with Crippen LogP contribution in [0.3, 0.4) is 0 Å². The predicted octanol–water partition coefficient (Wildman–Crippen LogP) is 3.09. The first-order valence-corrected chi connectivity index (χ1v) is 8.71. The summed E-state index contributed by atoms with van der Waals surface area (Å²) in [6.07, 6.45) is 3.03. The fourth-order valence-corrected chi connectivity index (χ4v) is 4.12. The third kappa shape index (κ3) is 2.67. The van der Waals surface area contributed by atoms with Crippen LogP contribution in [0.2, 0.25) is 0 Å². The van der Waals surface area contributed by atoms with E-state index in [1.54, 1.807) is 31.3 Å². The molecule has 3 rings (SSSR count). The van der Waals surface area contributed by atoms with Gasteiger partial charge >= 0.3 is 5.97 Å². The lowest BCUT2D eigenvalue weighted by molar-refractivity contribution is 0.0522. The van der Waals surface area contributed by atoms with Crippen molar-refractivity contribution >= 4 is 21.3 Å². The second-order valence-electron chi connectivity index (χ2n) is 5.05. The topological polar surface area (TPSA) is 64.8 Å². The summed E-state index contributed by atoms with van der Waals surface area (Å²) >= 11 is 0. The highest BCUT2D eigenvalue weighted by Gasteiger charge is 2.30. The molecule has 0 N–H and O–H groups in total. The highest BCUT2D eigenvalue weighted by atomic mass is 32.2.